The molecule has 0 N–H and O–H groups in total. The predicted molar refractivity (Wildman–Crippen MR) is 270 cm³/mol. The Morgan fingerprint density at radius 1 is 0.266 bits per heavy atom. The minimum atomic E-state index is -0.202. The monoisotopic (exact) mass is 821 g/mol. The Balaban J connectivity index is 0.994. The largest absolute Gasteiger partial charge is 0.310 e. The molecular formula is C63H51N. The summed E-state index contributed by atoms with van der Waals surface area (Å²) >= 11 is 0. The van der Waals surface area contributed by atoms with Crippen LogP contribution in [-0.2, 0) is 16.2 Å². The average molecular weight is 822 g/mol. The van der Waals surface area contributed by atoms with E-state index in [0.717, 1.165) is 17.1 Å². The molecule has 0 radical (unpaired) electrons. The predicted octanol–water partition coefficient (Wildman–Crippen LogP) is 17.1. The molecule has 0 amide bonds. The first-order valence-electron chi connectivity index (χ1n) is 22.8. The van der Waals surface area contributed by atoms with Crippen molar-refractivity contribution in [2.24, 2.45) is 0 Å². The second kappa shape index (κ2) is 13.9. The quantitative estimate of drug-likeness (QED) is 0.161. The van der Waals surface area contributed by atoms with Crippen molar-refractivity contribution in [3.05, 3.63) is 234 Å². The van der Waals surface area contributed by atoms with Gasteiger partial charge in [0, 0.05) is 33.2 Å². The number of anilines is 3. The maximum atomic E-state index is 2.55. The first-order valence-corrected chi connectivity index (χ1v) is 22.8. The third-order valence-electron chi connectivity index (χ3n) is 15.1. The van der Waals surface area contributed by atoms with Gasteiger partial charge in [-0.3, -0.25) is 0 Å². The molecule has 3 aliphatic rings. The van der Waals surface area contributed by atoms with E-state index in [4.69, 9.17) is 0 Å². The highest BCUT2D eigenvalue weighted by molar-refractivity contribution is 5.97. The Bertz CT molecular complexity index is 3330. The maximum absolute atomic E-state index is 2.55. The molecule has 308 valence electrons. The normalized spacial score (nSPS) is 15.1. The number of rotatable bonds is 6. The van der Waals surface area contributed by atoms with Crippen molar-refractivity contribution in [2.75, 3.05) is 4.90 Å². The summed E-state index contributed by atoms with van der Waals surface area (Å²) in [4.78, 5) is 2.48. The van der Waals surface area contributed by atoms with E-state index in [2.05, 4.69) is 247 Å². The minimum Gasteiger partial charge on any atom is -0.310 e. The smallest absolute Gasteiger partial charge is 0.0540 e. The van der Waals surface area contributed by atoms with E-state index < -0.39 is 0 Å². The molecule has 0 spiro atoms. The highest BCUT2D eigenvalue weighted by atomic mass is 15.1. The van der Waals surface area contributed by atoms with Gasteiger partial charge in [0.15, 0.2) is 0 Å². The van der Waals surface area contributed by atoms with Gasteiger partial charge in [0.1, 0.15) is 0 Å². The third-order valence-corrected chi connectivity index (χ3v) is 15.1. The molecule has 0 unspecified atom stereocenters. The molecular weight excluding hydrogens is 771 g/mol. The van der Waals surface area contributed by atoms with Crippen molar-refractivity contribution >= 4 is 17.1 Å². The lowest BCUT2D eigenvalue weighted by atomic mass is 9.79. The van der Waals surface area contributed by atoms with E-state index in [0.29, 0.717) is 0 Å². The fourth-order valence-corrected chi connectivity index (χ4v) is 11.6. The fraction of sp³-hybridized carbons (Fsp3) is 0.143. The van der Waals surface area contributed by atoms with Crippen molar-refractivity contribution in [3.8, 4) is 66.8 Å². The van der Waals surface area contributed by atoms with E-state index >= 15 is 0 Å². The molecule has 1 heteroatoms. The van der Waals surface area contributed by atoms with Crippen LogP contribution in [-0.4, -0.2) is 0 Å². The summed E-state index contributed by atoms with van der Waals surface area (Å²) in [5.41, 5.74) is 26.9. The van der Waals surface area contributed by atoms with Crippen LogP contribution >= 0.6 is 0 Å². The van der Waals surface area contributed by atoms with Gasteiger partial charge in [-0.25, -0.2) is 0 Å². The summed E-state index contributed by atoms with van der Waals surface area (Å²) in [6.07, 6.45) is 0. The van der Waals surface area contributed by atoms with Crippen LogP contribution in [0.3, 0.4) is 0 Å². The second-order valence-corrected chi connectivity index (χ2v) is 19.7. The zero-order valence-electron chi connectivity index (χ0n) is 37.5. The lowest BCUT2D eigenvalue weighted by molar-refractivity contribution is 0.652. The van der Waals surface area contributed by atoms with Crippen molar-refractivity contribution in [1.82, 2.24) is 0 Å². The lowest BCUT2D eigenvalue weighted by Crippen LogP contribution is -2.17. The summed E-state index contributed by atoms with van der Waals surface area (Å²) < 4.78 is 0. The Hall–Kier alpha value is -7.22. The van der Waals surface area contributed by atoms with Crippen LogP contribution in [0.25, 0.3) is 66.8 Å². The number of hydrogen-bond donors (Lipinski definition) is 0. The average Bonchev–Trinajstić information content (AvgIpc) is 3.81. The molecule has 0 bridgehead atoms. The summed E-state index contributed by atoms with van der Waals surface area (Å²) in [6, 6.07) is 75.0. The topological polar surface area (TPSA) is 3.24 Å². The SMILES string of the molecule is CC1(C)c2ccccc2-c2ccc(N(c3ccc(-c4ccccc4)cc3)c3ccccc3-c3ccc4c(c3)C(C)(C)c3cc5c(cc3-4)C(C)(C)c3cccc(-c4ccccc4)c3-5)cc21. The lowest BCUT2D eigenvalue weighted by Gasteiger charge is -2.30. The molecule has 0 saturated heterocycles. The van der Waals surface area contributed by atoms with Crippen LogP contribution in [0.5, 0.6) is 0 Å². The van der Waals surface area contributed by atoms with Crippen LogP contribution in [0.2, 0.25) is 0 Å². The van der Waals surface area contributed by atoms with E-state index in [9.17, 15) is 0 Å². The molecule has 64 heavy (non-hydrogen) atoms. The van der Waals surface area contributed by atoms with Crippen molar-refractivity contribution in [2.45, 2.75) is 57.8 Å². The van der Waals surface area contributed by atoms with Crippen LogP contribution < -0.4 is 4.90 Å². The second-order valence-electron chi connectivity index (χ2n) is 19.7. The zero-order valence-corrected chi connectivity index (χ0v) is 37.5. The number of hydrogen-bond acceptors (Lipinski definition) is 1. The molecule has 3 aliphatic carbocycles. The minimum absolute atomic E-state index is 0.116. The van der Waals surface area contributed by atoms with Crippen molar-refractivity contribution in [1.29, 1.82) is 0 Å². The van der Waals surface area contributed by atoms with E-state index in [-0.39, 0.29) is 16.2 Å². The molecule has 0 atom stereocenters. The van der Waals surface area contributed by atoms with Crippen LogP contribution in [0.15, 0.2) is 200 Å². The number of fused-ring (bicyclic) bond motifs is 9. The molecule has 12 rings (SSSR count). The summed E-state index contributed by atoms with van der Waals surface area (Å²) in [7, 11) is 0. The van der Waals surface area contributed by atoms with Crippen molar-refractivity contribution < 1.29 is 0 Å². The Morgan fingerprint density at radius 3 is 1.50 bits per heavy atom. The van der Waals surface area contributed by atoms with Gasteiger partial charge in [0.05, 0.1) is 5.69 Å². The molecule has 0 saturated carbocycles. The van der Waals surface area contributed by atoms with Gasteiger partial charge in [-0.1, -0.05) is 193 Å². The first kappa shape index (κ1) is 38.5. The van der Waals surface area contributed by atoms with Gasteiger partial charge in [-0.05, 0) is 143 Å². The fourth-order valence-electron chi connectivity index (χ4n) is 11.6. The third kappa shape index (κ3) is 5.56. The van der Waals surface area contributed by atoms with Gasteiger partial charge >= 0.3 is 0 Å². The van der Waals surface area contributed by atoms with Gasteiger partial charge in [0.2, 0.25) is 0 Å². The van der Waals surface area contributed by atoms with Gasteiger partial charge < -0.3 is 4.90 Å². The standard InChI is InChI=1S/C63H51N/c1-61(2)53-25-15-13-23-48(53)49-35-33-45(37-56(49)61)64(44-31-28-41(29-32-44)40-18-9-7-10-19-40)59-27-16-14-22-46(59)43-30-34-50-51-38-58-52(39-57(51)63(5,6)55(50)36-43)60-47(42-20-11-8-12-21-42)24-17-26-54(60)62(58,3)4/h7-39H,1-6H3. The van der Waals surface area contributed by atoms with E-state index in [1.54, 1.807) is 0 Å². The van der Waals surface area contributed by atoms with Crippen LogP contribution in [0.1, 0.15) is 74.9 Å². The van der Waals surface area contributed by atoms with Crippen LogP contribution in [0, 0.1) is 0 Å². The van der Waals surface area contributed by atoms with E-state index in [1.807, 2.05) is 0 Å². The van der Waals surface area contributed by atoms with Gasteiger partial charge in [-0.15, -0.1) is 0 Å². The Kier molecular flexibility index (Phi) is 8.35. The molecule has 9 aromatic rings. The molecule has 0 aromatic heterocycles. The van der Waals surface area contributed by atoms with Crippen LogP contribution in [0.4, 0.5) is 17.1 Å². The first-order chi connectivity index (χ1) is 31.0. The summed E-state index contributed by atoms with van der Waals surface area (Å²) in [5.74, 6) is 0. The number of nitrogens with zero attached hydrogens (tertiary/aromatic N) is 1. The highest BCUT2D eigenvalue weighted by Gasteiger charge is 2.43. The molecule has 0 aliphatic heterocycles. The van der Waals surface area contributed by atoms with E-state index in [1.165, 1.54) is 100 Å². The van der Waals surface area contributed by atoms with Gasteiger partial charge in [-0.2, -0.15) is 0 Å². The highest BCUT2D eigenvalue weighted by Crippen LogP contribution is 2.58. The molecule has 0 heterocycles. The molecule has 0 fully saturated rings. The van der Waals surface area contributed by atoms with Crippen molar-refractivity contribution in [3.63, 3.8) is 0 Å². The Labute approximate surface area is 378 Å². The number of benzene rings is 9. The number of para-hydroxylation sites is 1. The molecule has 9 aromatic carbocycles. The summed E-state index contributed by atoms with van der Waals surface area (Å²) in [5, 5.41) is 0. The molecule has 1 nitrogen and oxygen atoms in total. The van der Waals surface area contributed by atoms with Gasteiger partial charge in [0.25, 0.3) is 0 Å². The Morgan fingerprint density at radius 2 is 0.734 bits per heavy atom. The zero-order chi connectivity index (χ0) is 43.5. The maximum Gasteiger partial charge on any atom is 0.0540 e. The summed E-state index contributed by atoms with van der Waals surface area (Å²) in [6.45, 7) is 14.4.